The number of rotatable bonds is 5. The van der Waals surface area contributed by atoms with Crippen molar-refractivity contribution >= 4 is 28.4 Å². The summed E-state index contributed by atoms with van der Waals surface area (Å²) in [5.41, 5.74) is -0.999. The van der Waals surface area contributed by atoms with Crippen LogP contribution in [0.4, 0.5) is 23.2 Å². The largest absolute Gasteiger partial charge is 0.437 e. The number of hydrogen-bond donors (Lipinski definition) is 1. The van der Waals surface area contributed by atoms with Crippen LogP contribution in [0, 0.1) is 24.1 Å². The average Bonchev–Trinajstić information content (AvgIpc) is 3.17. The molecule has 1 fully saturated rings. The normalized spacial score (nSPS) is 13.2. The Morgan fingerprint density at radius 1 is 1.10 bits per heavy atom. The van der Waals surface area contributed by atoms with Gasteiger partial charge in [-0.05, 0) is 49.2 Å². The highest BCUT2D eigenvalue weighted by Gasteiger charge is 2.39. The molecule has 0 saturated carbocycles. The van der Waals surface area contributed by atoms with E-state index in [1.807, 2.05) is 6.07 Å². The Balaban J connectivity index is 1.54. The highest BCUT2D eigenvalue weighted by Crippen LogP contribution is 2.36. The van der Waals surface area contributed by atoms with E-state index in [2.05, 4.69) is 15.4 Å². The molecule has 8 nitrogen and oxygen atoms in total. The van der Waals surface area contributed by atoms with Gasteiger partial charge in [0.2, 0.25) is 0 Å². The van der Waals surface area contributed by atoms with Crippen molar-refractivity contribution < 1.29 is 27.2 Å². The number of nitrogens with one attached hydrogen (secondary N) is 1. The maximum atomic E-state index is 14.0. The molecular formula is C27H20F4N6O2. The molecule has 5 rings (SSSR count). The van der Waals surface area contributed by atoms with Gasteiger partial charge in [0.25, 0.3) is 11.8 Å². The van der Waals surface area contributed by atoms with Crippen LogP contribution in [-0.4, -0.2) is 44.6 Å². The van der Waals surface area contributed by atoms with Crippen LogP contribution in [0.3, 0.4) is 0 Å². The Bertz CT molecular complexity index is 1650. The second-order valence-electron chi connectivity index (χ2n) is 9.09. The Kier molecular flexibility index (Phi) is 6.51. The standard InChI is InChI=1S/C27H20F4N6O2/c1-15-23(24(27(29,30)31)35-37(15)14-17-5-3-16(13-32)4-6-17)34-25(38)20-12-22(26(39)36-9-2-10-36)33-21-11-18(28)7-8-19(20)21/h3-8,11-12H,2,9-10,14H2,1H3,(H,34,38). The number of fused-ring (bicyclic) bond motifs is 1. The number of benzene rings is 2. The van der Waals surface area contributed by atoms with E-state index < -0.39 is 35.2 Å². The zero-order valence-corrected chi connectivity index (χ0v) is 20.5. The van der Waals surface area contributed by atoms with Crippen molar-refractivity contribution in [3.63, 3.8) is 0 Å². The maximum absolute atomic E-state index is 14.0. The topological polar surface area (TPSA) is 104 Å². The molecule has 2 aromatic carbocycles. The van der Waals surface area contributed by atoms with Crippen LogP contribution in [0.2, 0.25) is 0 Å². The van der Waals surface area contributed by atoms with Crippen LogP contribution in [0.5, 0.6) is 0 Å². The highest BCUT2D eigenvalue weighted by atomic mass is 19.4. The van der Waals surface area contributed by atoms with Gasteiger partial charge in [-0.3, -0.25) is 14.3 Å². The first-order chi connectivity index (χ1) is 18.5. The molecule has 2 aromatic heterocycles. The van der Waals surface area contributed by atoms with Crippen LogP contribution >= 0.6 is 0 Å². The Morgan fingerprint density at radius 2 is 1.82 bits per heavy atom. The second-order valence-corrected chi connectivity index (χ2v) is 9.09. The number of likely N-dealkylation sites (tertiary alicyclic amines) is 1. The first-order valence-corrected chi connectivity index (χ1v) is 11.9. The number of halogens is 4. The summed E-state index contributed by atoms with van der Waals surface area (Å²) in [5.74, 6) is -2.03. The highest BCUT2D eigenvalue weighted by molar-refractivity contribution is 6.14. The first kappa shape index (κ1) is 25.8. The monoisotopic (exact) mass is 536 g/mol. The summed E-state index contributed by atoms with van der Waals surface area (Å²) in [5, 5.41) is 15.2. The van der Waals surface area contributed by atoms with Crippen LogP contribution in [0.15, 0.2) is 48.5 Å². The van der Waals surface area contributed by atoms with Gasteiger partial charge in [0, 0.05) is 24.5 Å². The average molecular weight is 536 g/mol. The molecule has 0 spiro atoms. The van der Waals surface area contributed by atoms with E-state index in [0.29, 0.717) is 24.2 Å². The molecule has 2 amide bonds. The summed E-state index contributed by atoms with van der Waals surface area (Å²) in [6.45, 7) is 2.37. The molecule has 3 heterocycles. The molecule has 1 saturated heterocycles. The molecule has 1 aliphatic rings. The van der Waals surface area contributed by atoms with Crippen LogP contribution in [0.25, 0.3) is 10.9 Å². The van der Waals surface area contributed by atoms with Crippen molar-refractivity contribution in [2.24, 2.45) is 0 Å². The van der Waals surface area contributed by atoms with E-state index >= 15 is 0 Å². The van der Waals surface area contributed by atoms with Gasteiger partial charge in [0.15, 0.2) is 5.69 Å². The lowest BCUT2D eigenvalue weighted by molar-refractivity contribution is -0.140. The molecule has 4 aromatic rings. The fourth-order valence-electron chi connectivity index (χ4n) is 4.27. The van der Waals surface area contributed by atoms with Gasteiger partial charge >= 0.3 is 6.18 Å². The summed E-state index contributed by atoms with van der Waals surface area (Å²) >= 11 is 0. The van der Waals surface area contributed by atoms with Crippen LogP contribution in [0.1, 0.15) is 49.8 Å². The van der Waals surface area contributed by atoms with E-state index in [9.17, 15) is 27.2 Å². The predicted molar refractivity (Wildman–Crippen MR) is 132 cm³/mol. The van der Waals surface area contributed by atoms with Gasteiger partial charge in [0.1, 0.15) is 11.5 Å². The lowest BCUT2D eigenvalue weighted by atomic mass is 10.0. The van der Waals surface area contributed by atoms with E-state index in [0.717, 1.165) is 23.2 Å². The number of pyridine rings is 1. The first-order valence-electron chi connectivity index (χ1n) is 11.9. The van der Waals surface area contributed by atoms with Crippen molar-refractivity contribution in [2.45, 2.75) is 26.1 Å². The zero-order chi connectivity index (χ0) is 27.9. The zero-order valence-electron chi connectivity index (χ0n) is 20.5. The Labute approximate surface area is 219 Å². The van der Waals surface area contributed by atoms with Gasteiger partial charge in [-0.15, -0.1) is 0 Å². The minimum Gasteiger partial charge on any atom is -0.337 e. The quantitative estimate of drug-likeness (QED) is 0.365. The summed E-state index contributed by atoms with van der Waals surface area (Å²) < 4.78 is 57.0. The molecule has 0 bridgehead atoms. The second kappa shape index (κ2) is 9.83. The van der Waals surface area contributed by atoms with Gasteiger partial charge in [-0.2, -0.15) is 23.5 Å². The van der Waals surface area contributed by atoms with Crippen molar-refractivity contribution in [1.29, 1.82) is 5.26 Å². The lowest BCUT2D eigenvalue weighted by Crippen LogP contribution is -2.42. The van der Waals surface area contributed by atoms with Gasteiger partial charge < -0.3 is 10.2 Å². The Morgan fingerprint density at radius 3 is 2.44 bits per heavy atom. The summed E-state index contributed by atoms with van der Waals surface area (Å²) in [4.78, 5) is 31.9. The smallest absolute Gasteiger partial charge is 0.337 e. The van der Waals surface area contributed by atoms with Crippen molar-refractivity contribution in [3.8, 4) is 6.07 Å². The maximum Gasteiger partial charge on any atom is 0.437 e. The predicted octanol–water partition coefficient (Wildman–Crippen LogP) is 4.92. The SMILES string of the molecule is Cc1c(NC(=O)c2cc(C(=O)N3CCC3)nc3cc(F)ccc23)c(C(F)(F)F)nn1Cc1ccc(C#N)cc1. The molecule has 0 atom stereocenters. The molecule has 0 aliphatic carbocycles. The molecule has 198 valence electrons. The van der Waals surface area contributed by atoms with Gasteiger partial charge in [-0.25, -0.2) is 9.37 Å². The summed E-state index contributed by atoms with van der Waals surface area (Å²) in [6, 6.07) is 12.9. The molecule has 39 heavy (non-hydrogen) atoms. The summed E-state index contributed by atoms with van der Waals surface area (Å²) in [7, 11) is 0. The fraction of sp³-hybridized carbons (Fsp3) is 0.222. The number of carbonyl (C=O) groups excluding carboxylic acids is 2. The number of alkyl halides is 3. The third-order valence-electron chi connectivity index (χ3n) is 6.51. The van der Waals surface area contributed by atoms with Crippen LogP contribution in [-0.2, 0) is 12.7 Å². The van der Waals surface area contributed by atoms with E-state index in [1.54, 1.807) is 12.1 Å². The molecule has 12 heteroatoms. The van der Waals surface area contributed by atoms with Crippen LogP contribution < -0.4 is 5.32 Å². The van der Waals surface area contributed by atoms with Crippen molar-refractivity contribution in [1.82, 2.24) is 19.7 Å². The molecular weight excluding hydrogens is 516 g/mol. The third-order valence-corrected chi connectivity index (χ3v) is 6.51. The minimum atomic E-state index is -4.88. The Hall–Kier alpha value is -4.79. The molecule has 0 radical (unpaired) electrons. The number of anilines is 1. The van der Waals surface area contributed by atoms with Crippen molar-refractivity contribution in [2.75, 3.05) is 18.4 Å². The number of nitrogens with zero attached hydrogens (tertiary/aromatic N) is 5. The fourth-order valence-corrected chi connectivity index (χ4v) is 4.27. The number of amides is 2. The number of nitriles is 1. The van der Waals surface area contributed by atoms with Gasteiger partial charge in [0.05, 0.1) is 40.6 Å². The van der Waals surface area contributed by atoms with E-state index in [1.165, 1.54) is 36.1 Å². The number of carbonyl (C=O) groups is 2. The lowest BCUT2D eigenvalue weighted by Gasteiger charge is -2.30. The molecule has 1 aliphatic heterocycles. The van der Waals surface area contributed by atoms with Crippen molar-refractivity contribution in [3.05, 3.63) is 88.1 Å². The summed E-state index contributed by atoms with van der Waals surface area (Å²) in [6.07, 6.45) is -4.07. The minimum absolute atomic E-state index is 0.0239. The molecule has 1 N–H and O–H groups in total. The number of hydrogen-bond acceptors (Lipinski definition) is 5. The number of aromatic nitrogens is 3. The molecule has 0 unspecified atom stereocenters. The van der Waals surface area contributed by atoms with E-state index in [-0.39, 0.29) is 34.4 Å². The third kappa shape index (κ3) is 5.03. The van der Waals surface area contributed by atoms with Gasteiger partial charge in [-0.1, -0.05) is 12.1 Å². The van der Waals surface area contributed by atoms with E-state index in [4.69, 9.17) is 5.26 Å².